The minimum atomic E-state index is -4.88. The average Bonchev–Trinajstić information content (AvgIpc) is 3.16. The third-order valence-electron chi connectivity index (χ3n) is 7.02. The van der Waals surface area contributed by atoms with E-state index < -0.39 is 35.5 Å². The molecule has 33 heavy (non-hydrogen) atoms. The zero-order valence-corrected chi connectivity index (χ0v) is 18.7. The number of esters is 4. The molecule has 2 aliphatic rings. The lowest BCUT2D eigenvalue weighted by Crippen LogP contribution is -2.43. The van der Waals surface area contributed by atoms with E-state index in [1.165, 1.54) is 34.6 Å². The highest BCUT2D eigenvalue weighted by Crippen LogP contribution is 2.52. The number of benzene rings is 2. The molecule has 6 nitrogen and oxygen atoms in total. The minimum absolute atomic E-state index is 0.0278. The molecule has 0 N–H and O–H groups in total. The van der Waals surface area contributed by atoms with Gasteiger partial charge in [0.05, 0.1) is 22.3 Å². The number of rotatable bonds is 2. The number of alkyl halides is 3. The molecule has 2 heterocycles. The van der Waals surface area contributed by atoms with Crippen molar-refractivity contribution in [2.75, 3.05) is 0 Å². The molecule has 0 saturated heterocycles. The number of carbonyl (C=O) groups excluding carboxylic acids is 4. The lowest BCUT2D eigenvalue weighted by Gasteiger charge is -2.38. The van der Waals surface area contributed by atoms with Gasteiger partial charge in [-0.2, -0.15) is 13.2 Å². The fraction of sp³-hybridized carbons (Fsp3) is 0.333. The summed E-state index contributed by atoms with van der Waals surface area (Å²) in [5, 5.41) is 0. The molecule has 0 radical (unpaired) electrons. The van der Waals surface area contributed by atoms with Gasteiger partial charge < -0.3 is 9.47 Å². The second-order valence-electron chi connectivity index (χ2n) is 8.57. The van der Waals surface area contributed by atoms with E-state index in [9.17, 15) is 32.3 Å². The molecule has 0 amide bonds. The zero-order chi connectivity index (χ0) is 24.8. The fourth-order valence-electron chi connectivity index (χ4n) is 5.08. The van der Waals surface area contributed by atoms with Gasteiger partial charge in [-0.1, -0.05) is 0 Å². The van der Waals surface area contributed by atoms with Crippen LogP contribution < -0.4 is 0 Å². The van der Waals surface area contributed by atoms with Gasteiger partial charge in [0.25, 0.3) is 0 Å². The van der Waals surface area contributed by atoms with Crippen molar-refractivity contribution in [3.63, 3.8) is 0 Å². The van der Waals surface area contributed by atoms with Gasteiger partial charge in [0.2, 0.25) is 0 Å². The number of ether oxygens (including phenoxy) is 2. The van der Waals surface area contributed by atoms with Crippen molar-refractivity contribution in [1.29, 1.82) is 0 Å². The highest BCUT2D eigenvalue weighted by atomic mass is 19.4. The molecule has 1 atom stereocenters. The van der Waals surface area contributed by atoms with Gasteiger partial charge in [0, 0.05) is 0 Å². The van der Waals surface area contributed by atoms with E-state index in [1.54, 1.807) is 0 Å². The molecule has 9 heteroatoms. The Morgan fingerprint density at radius 1 is 0.636 bits per heavy atom. The second kappa shape index (κ2) is 6.76. The maximum absolute atomic E-state index is 15.0. The van der Waals surface area contributed by atoms with Crippen LogP contribution in [-0.2, 0) is 14.9 Å². The van der Waals surface area contributed by atoms with E-state index in [2.05, 4.69) is 9.47 Å². The second-order valence-corrected chi connectivity index (χ2v) is 8.57. The van der Waals surface area contributed by atoms with Crippen molar-refractivity contribution in [1.82, 2.24) is 0 Å². The summed E-state index contributed by atoms with van der Waals surface area (Å²) in [6.45, 7) is 8.12. The molecule has 0 fully saturated rings. The van der Waals surface area contributed by atoms with Crippen LogP contribution in [0.2, 0.25) is 0 Å². The minimum Gasteiger partial charge on any atom is -0.386 e. The molecule has 0 aliphatic carbocycles. The Balaban J connectivity index is 2.17. The van der Waals surface area contributed by atoms with Gasteiger partial charge in [-0.3, -0.25) is 0 Å². The number of carbonyl (C=O) groups is 4. The summed E-state index contributed by atoms with van der Waals surface area (Å²) in [7, 11) is 0. The van der Waals surface area contributed by atoms with E-state index in [0.717, 1.165) is 13.0 Å². The van der Waals surface area contributed by atoms with Gasteiger partial charge in [-0.05, 0) is 86.6 Å². The Labute approximate surface area is 186 Å². The molecule has 0 aromatic heterocycles. The Hall–Kier alpha value is -3.49. The van der Waals surface area contributed by atoms with Gasteiger partial charge in [0.15, 0.2) is 0 Å². The van der Waals surface area contributed by atoms with E-state index >= 15 is 0 Å². The van der Waals surface area contributed by atoms with Crippen LogP contribution in [0.5, 0.6) is 0 Å². The zero-order valence-electron chi connectivity index (χ0n) is 18.7. The lowest BCUT2D eigenvalue weighted by molar-refractivity contribution is -0.173. The van der Waals surface area contributed by atoms with E-state index in [4.69, 9.17) is 0 Å². The number of cyclic esters (lactones) is 4. The Morgan fingerprint density at radius 2 is 1.09 bits per heavy atom. The van der Waals surface area contributed by atoms with Crippen LogP contribution in [0.1, 0.15) is 87.3 Å². The molecule has 2 aromatic carbocycles. The van der Waals surface area contributed by atoms with Crippen LogP contribution >= 0.6 is 0 Å². The number of hydrogen-bond acceptors (Lipinski definition) is 6. The van der Waals surface area contributed by atoms with Gasteiger partial charge in [0.1, 0.15) is 5.41 Å². The fourth-order valence-corrected chi connectivity index (χ4v) is 5.08. The number of hydrogen-bond donors (Lipinski definition) is 0. The predicted molar refractivity (Wildman–Crippen MR) is 109 cm³/mol. The van der Waals surface area contributed by atoms with E-state index in [0.29, 0.717) is 0 Å². The van der Waals surface area contributed by atoms with Crippen LogP contribution in [0.25, 0.3) is 0 Å². The first-order valence-electron chi connectivity index (χ1n) is 10.0. The molecule has 2 aromatic rings. The molecule has 0 saturated carbocycles. The molecular weight excluding hydrogens is 441 g/mol. The molecule has 172 valence electrons. The third kappa shape index (κ3) is 2.74. The average molecular weight is 460 g/mol. The first-order chi connectivity index (χ1) is 15.1. The van der Waals surface area contributed by atoms with E-state index in [1.807, 2.05) is 0 Å². The van der Waals surface area contributed by atoms with Crippen LogP contribution in [-0.4, -0.2) is 30.1 Å². The summed E-state index contributed by atoms with van der Waals surface area (Å²) >= 11 is 0. The maximum atomic E-state index is 15.0. The van der Waals surface area contributed by atoms with Crippen molar-refractivity contribution in [3.8, 4) is 0 Å². The van der Waals surface area contributed by atoms with Crippen molar-refractivity contribution < 1.29 is 41.8 Å². The number of fused-ring (bicyclic) bond motifs is 2. The Kier molecular flexibility index (Phi) is 4.65. The van der Waals surface area contributed by atoms with Gasteiger partial charge in [-0.15, -0.1) is 0 Å². The smallest absolute Gasteiger partial charge is 0.386 e. The molecule has 0 bridgehead atoms. The summed E-state index contributed by atoms with van der Waals surface area (Å²) in [6, 6.07) is 1.04. The lowest BCUT2D eigenvalue weighted by atomic mass is 9.67. The normalized spacial score (nSPS) is 17.0. The Bertz CT molecular complexity index is 1340. The molecule has 2 aliphatic heterocycles. The quantitative estimate of drug-likeness (QED) is 0.476. The van der Waals surface area contributed by atoms with E-state index in [-0.39, 0.29) is 61.2 Å². The number of halogens is 3. The van der Waals surface area contributed by atoms with Crippen molar-refractivity contribution in [2.45, 2.75) is 53.1 Å². The summed E-state index contributed by atoms with van der Waals surface area (Å²) in [5.74, 6) is -3.82. The van der Waals surface area contributed by atoms with Crippen LogP contribution in [0.3, 0.4) is 0 Å². The van der Waals surface area contributed by atoms with Crippen LogP contribution in [0.4, 0.5) is 13.2 Å². The summed E-state index contributed by atoms with van der Waals surface area (Å²) in [5.41, 5.74) is -2.96. The topological polar surface area (TPSA) is 86.7 Å². The van der Waals surface area contributed by atoms with Crippen molar-refractivity contribution >= 4 is 23.9 Å². The third-order valence-corrected chi connectivity index (χ3v) is 7.02. The first kappa shape index (κ1) is 22.7. The SMILES string of the molecule is Cc1c(C(C)(c2c(C)c(C)c3c(c2C)C(=O)OC3=O)C(F)(F)F)cc2c(c1C)C(=O)OC2=O. The Morgan fingerprint density at radius 3 is 1.64 bits per heavy atom. The van der Waals surface area contributed by atoms with Crippen molar-refractivity contribution in [3.05, 3.63) is 67.3 Å². The van der Waals surface area contributed by atoms with Crippen LogP contribution in [0.15, 0.2) is 6.07 Å². The highest BCUT2D eigenvalue weighted by molar-refractivity contribution is 6.17. The predicted octanol–water partition coefficient (Wildman–Crippen LogP) is 4.72. The highest BCUT2D eigenvalue weighted by Gasteiger charge is 2.57. The first-order valence-corrected chi connectivity index (χ1v) is 10.0. The largest absolute Gasteiger partial charge is 0.402 e. The van der Waals surface area contributed by atoms with Gasteiger partial charge in [-0.25, -0.2) is 19.2 Å². The molecule has 4 rings (SSSR count). The van der Waals surface area contributed by atoms with Crippen LogP contribution in [0, 0.1) is 34.6 Å². The molecular formula is C24H19F3O6. The summed E-state index contributed by atoms with van der Waals surface area (Å²) in [4.78, 5) is 48.8. The monoisotopic (exact) mass is 460 g/mol. The standard InChI is InChI=1S/C24H19F3O6/c1-8-9(2)15-13(19(28)32-20(15)29)7-14(8)23(6,24(25,26)27)18-11(4)10(3)16-17(12(18)5)22(31)33-21(16)30/h7H,1-6H3. The van der Waals surface area contributed by atoms with Gasteiger partial charge >= 0.3 is 30.1 Å². The van der Waals surface area contributed by atoms with Crippen molar-refractivity contribution in [2.24, 2.45) is 0 Å². The summed E-state index contributed by atoms with van der Waals surface area (Å²) < 4.78 is 54.2. The molecule has 1 unspecified atom stereocenters. The maximum Gasteiger partial charge on any atom is 0.402 e. The molecule has 0 spiro atoms. The summed E-state index contributed by atoms with van der Waals surface area (Å²) in [6.07, 6.45) is -4.88.